The van der Waals surface area contributed by atoms with Crippen LogP contribution in [0.5, 0.6) is 0 Å². The molecule has 188 valence electrons. The van der Waals surface area contributed by atoms with E-state index in [4.69, 9.17) is 4.98 Å². The Labute approximate surface area is 210 Å². The zero-order valence-corrected chi connectivity index (χ0v) is 20.5. The second-order valence-electron chi connectivity index (χ2n) is 10.2. The number of carbonyl (C=O) groups excluding carboxylic acids is 3. The minimum absolute atomic E-state index is 0.0386. The van der Waals surface area contributed by atoms with Crippen LogP contribution in [-0.2, 0) is 35.5 Å². The minimum Gasteiger partial charge on any atom is -0.340 e. The molecule has 11 nitrogen and oxygen atoms in total. The molecule has 1 atom stereocenters. The Morgan fingerprint density at radius 3 is 2.59 bits per heavy atom. The normalized spacial score (nSPS) is 18.7. The summed E-state index contributed by atoms with van der Waals surface area (Å²) >= 11 is 0. The summed E-state index contributed by atoms with van der Waals surface area (Å²) in [6.07, 6.45) is 1.89. The summed E-state index contributed by atoms with van der Waals surface area (Å²) in [6, 6.07) is 9.23. The molecule has 2 N–H and O–H groups in total. The van der Waals surface area contributed by atoms with Gasteiger partial charge in [-0.15, -0.1) is 0 Å². The molecule has 4 amide bonds. The molecular weight excluding hydrogens is 474 g/mol. The Hall–Kier alpha value is -4.41. The van der Waals surface area contributed by atoms with Gasteiger partial charge >= 0.3 is 11.7 Å². The largest absolute Gasteiger partial charge is 0.340 e. The first-order chi connectivity index (χ1) is 17.8. The number of fused-ring (bicyclic) bond motifs is 2. The van der Waals surface area contributed by atoms with E-state index in [1.54, 1.807) is 28.1 Å². The average Bonchev–Trinajstić information content (AvgIpc) is 3.57. The number of para-hydroxylation sites is 1. The van der Waals surface area contributed by atoms with Gasteiger partial charge in [0.1, 0.15) is 11.4 Å². The molecule has 2 aromatic heterocycles. The molecule has 4 heterocycles. The molecule has 4 aromatic rings. The van der Waals surface area contributed by atoms with E-state index in [-0.39, 0.29) is 30.1 Å². The predicted molar refractivity (Wildman–Crippen MR) is 135 cm³/mol. The van der Waals surface area contributed by atoms with Gasteiger partial charge in [-0.3, -0.25) is 24.0 Å². The fraction of sp³-hybridized carbons (Fsp3) is 0.346. The van der Waals surface area contributed by atoms with Crippen LogP contribution in [0, 0.1) is 0 Å². The summed E-state index contributed by atoms with van der Waals surface area (Å²) in [7, 11) is 3.41. The van der Waals surface area contributed by atoms with E-state index >= 15 is 0 Å². The van der Waals surface area contributed by atoms with E-state index in [2.05, 4.69) is 10.3 Å². The van der Waals surface area contributed by atoms with Crippen LogP contribution in [0.2, 0.25) is 0 Å². The van der Waals surface area contributed by atoms with Gasteiger partial charge in [0.2, 0.25) is 5.91 Å². The number of rotatable bonds is 2. The van der Waals surface area contributed by atoms with Crippen LogP contribution in [0.1, 0.15) is 29.8 Å². The number of anilines is 1. The van der Waals surface area contributed by atoms with Crippen molar-refractivity contribution in [1.82, 2.24) is 29.3 Å². The van der Waals surface area contributed by atoms with Gasteiger partial charge in [-0.05, 0) is 41.8 Å². The number of aromatic nitrogens is 4. The molecular formula is C26H25N7O4. The molecule has 0 saturated carbocycles. The quantitative estimate of drug-likeness (QED) is 0.405. The maximum atomic E-state index is 13.5. The lowest BCUT2D eigenvalue weighted by molar-refractivity contribution is -0.125. The number of likely N-dealkylation sites (N-methyl/N-ethyl adjacent to an activating group) is 1. The van der Waals surface area contributed by atoms with E-state index in [0.29, 0.717) is 38.1 Å². The number of urea groups is 1. The lowest BCUT2D eigenvalue weighted by Gasteiger charge is -2.27. The molecule has 7 rings (SSSR count). The lowest BCUT2D eigenvalue weighted by atomic mass is 9.95. The number of carbonyl (C=O) groups is 3. The lowest BCUT2D eigenvalue weighted by Crippen LogP contribution is -2.48. The van der Waals surface area contributed by atoms with Gasteiger partial charge in [0.25, 0.3) is 5.91 Å². The van der Waals surface area contributed by atoms with Gasteiger partial charge in [-0.25, -0.2) is 14.6 Å². The fourth-order valence-electron chi connectivity index (χ4n) is 6.17. The highest BCUT2D eigenvalue weighted by Gasteiger charge is 2.54. The van der Waals surface area contributed by atoms with Gasteiger partial charge in [0, 0.05) is 39.9 Å². The first kappa shape index (κ1) is 21.8. The second-order valence-corrected chi connectivity index (χ2v) is 10.2. The van der Waals surface area contributed by atoms with Crippen LogP contribution in [0.15, 0.2) is 35.1 Å². The van der Waals surface area contributed by atoms with E-state index in [1.807, 2.05) is 30.3 Å². The molecule has 2 aliphatic heterocycles. The second kappa shape index (κ2) is 7.31. The number of benzene rings is 2. The van der Waals surface area contributed by atoms with Crippen LogP contribution in [-0.4, -0.2) is 61.5 Å². The predicted octanol–water partition coefficient (Wildman–Crippen LogP) is 1.50. The fourth-order valence-corrected chi connectivity index (χ4v) is 6.17. The van der Waals surface area contributed by atoms with E-state index in [1.165, 1.54) is 4.90 Å². The Bertz CT molecular complexity index is 1700. The first-order valence-corrected chi connectivity index (χ1v) is 12.3. The molecule has 1 aliphatic carbocycles. The number of aromatic amines is 1. The Balaban J connectivity index is 1.27. The van der Waals surface area contributed by atoms with Gasteiger partial charge in [0.15, 0.2) is 0 Å². The molecule has 2 aromatic carbocycles. The maximum Gasteiger partial charge on any atom is 0.329 e. The monoisotopic (exact) mass is 499 g/mol. The number of imide groups is 1. The summed E-state index contributed by atoms with van der Waals surface area (Å²) in [5, 5.41) is 2.42. The van der Waals surface area contributed by atoms with Crippen LogP contribution in [0.4, 0.5) is 10.5 Å². The summed E-state index contributed by atoms with van der Waals surface area (Å²) in [5.74, 6) is 0.418. The molecule has 37 heavy (non-hydrogen) atoms. The summed E-state index contributed by atoms with van der Waals surface area (Å²) < 4.78 is 3.46. The zero-order valence-electron chi connectivity index (χ0n) is 20.5. The topological polar surface area (TPSA) is 125 Å². The molecule has 1 unspecified atom stereocenters. The Kier molecular flexibility index (Phi) is 4.31. The Morgan fingerprint density at radius 1 is 1.05 bits per heavy atom. The third-order valence-electron chi connectivity index (χ3n) is 8.24. The highest BCUT2D eigenvalue weighted by Crippen LogP contribution is 2.38. The standard InChI is InChI=1S/C26H25N7O4/c1-30-18-5-3-6-19-22(18)32(8-4-7-21(30)34)25(37)33(19)13-20-27-16-9-14-11-26(12-15(14)10-17(16)28-20)23(35)29-24(36)31(26)2/h3,5-6,9-10H,4,7-8,11-13H2,1-2H3,(H,27,28)(H,29,35,36). The smallest absolute Gasteiger partial charge is 0.329 e. The van der Waals surface area contributed by atoms with Crippen molar-refractivity contribution >= 4 is 45.6 Å². The first-order valence-electron chi connectivity index (χ1n) is 12.3. The summed E-state index contributed by atoms with van der Waals surface area (Å²) in [6.45, 7) is 0.741. The average molecular weight is 500 g/mol. The van der Waals surface area contributed by atoms with Crippen molar-refractivity contribution < 1.29 is 14.4 Å². The highest BCUT2D eigenvalue weighted by atomic mass is 16.2. The van der Waals surface area contributed by atoms with Crippen molar-refractivity contribution in [3.8, 4) is 0 Å². The summed E-state index contributed by atoms with van der Waals surface area (Å²) in [5.41, 5.74) is 4.80. The number of aryl methyl sites for hydroxylation is 1. The molecule has 1 spiro atoms. The highest BCUT2D eigenvalue weighted by molar-refractivity contribution is 6.08. The van der Waals surface area contributed by atoms with Crippen LogP contribution in [0.25, 0.3) is 22.1 Å². The number of nitrogens with one attached hydrogen (secondary N) is 2. The number of hydrogen-bond donors (Lipinski definition) is 2. The molecule has 3 aliphatic rings. The maximum absolute atomic E-state index is 13.5. The van der Waals surface area contributed by atoms with E-state index in [0.717, 1.165) is 38.9 Å². The van der Waals surface area contributed by atoms with Crippen molar-refractivity contribution in [3.05, 3.63) is 57.8 Å². The van der Waals surface area contributed by atoms with Gasteiger partial charge < -0.3 is 14.8 Å². The molecule has 0 bridgehead atoms. The van der Waals surface area contributed by atoms with Crippen molar-refractivity contribution in [2.24, 2.45) is 0 Å². The van der Waals surface area contributed by atoms with Crippen molar-refractivity contribution in [3.63, 3.8) is 0 Å². The van der Waals surface area contributed by atoms with Crippen LogP contribution < -0.4 is 15.9 Å². The van der Waals surface area contributed by atoms with Gasteiger partial charge in [-0.1, -0.05) is 6.07 Å². The minimum atomic E-state index is -0.883. The number of nitrogens with zero attached hydrogens (tertiary/aromatic N) is 5. The van der Waals surface area contributed by atoms with Crippen molar-refractivity contribution in [1.29, 1.82) is 0 Å². The van der Waals surface area contributed by atoms with Crippen LogP contribution in [0.3, 0.4) is 0 Å². The number of hydrogen-bond acceptors (Lipinski definition) is 5. The number of amides is 4. The SMILES string of the molecule is CN1C(=O)CCCn2c(=O)n(Cc3nc4cc5c(cc4[nH]3)CC3(C5)C(=O)NC(=O)N3C)c3cccc1c32. The zero-order chi connectivity index (χ0) is 25.6. The third-order valence-corrected chi connectivity index (χ3v) is 8.24. The van der Waals surface area contributed by atoms with Gasteiger partial charge in [0.05, 0.1) is 34.3 Å². The molecule has 0 radical (unpaired) electrons. The molecule has 1 fully saturated rings. The van der Waals surface area contributed by atoms with Crippen LogP contribution >= 0.6 is 0 Å². The van der Waals surface area contributed by atoms with E-state index < -0.39 is 5.54 Å². The number of H-pyrrole nitrogens is 1. The van der Waals surface area contributed by atoms with Gasteiger partial charge in [-0.2, -0.15) is 0 Å². The summed E-state index contributed by atoms with van der Waals surface area (Å²) in [4.78, 5) is 61.9. The van der Waals surface area contributed by atoms with Crippen molar-refractivity contribution in [2.75, 3.05) is 19.0 Å². The van der Waals surface area contributed by atoms with E-state index in [9.17, 15) is 19.2 Å². The molecule has 11 heteroatoms. The van der Waals surface area contributed by atoms with Crippen molar-refractivity contribution in [2.45, 2.75) is 44.3 Å². The number of imidazole rings is 2. The third kappa shape index (κ3) is 2.90. The Morgan fingerprint density at radius 2 is 1.84 bits per heavy atom. The molecule has 1 saturated heterocycles.